The van der Waals surface area contributed by atoms with Gasteiger partial charge in [-0.05, 0) is 12.1 Å². The molecule has 1 fully saturated rings. The number of hydrogen-bond acceptors (Lipinski definition) is 5. The Balaban J connectivity index is 1.60. The van der Waals surface area contributed by atoms with Crippen molar-refractivity contribution in [1.82, 2.24) is 9.88 Å². The average Bonchev–Trinajstić information content (AvgIpc) is 3.01. The molecule has 0 unspecified atom stereocenters. The molecule has 0 atom stereocenters. The van der Waals surface area contributed by atoms with Crippen LogP contribution in [0.2, 0.25) is 0 Å². The van der Waals surface area contributed by atoms with Gasteiger partial charge in [-0.15, -0.1) is 0 Å². The van der Waals surface area contributed by atoms with Crippen LogP contribution in [0.5, 0.6) is 5.75 Å². The van der Waals surface area contributed by atoms with E-state index in [-0.39, 0.29) is 0 Å². The molecule has 0 amide bonds. The highest BCUT2D eigenvalue weighted by atomic mass is 16.5. The van der Waals surface area contributed by atoms with Crippen molar-refractivity contribution in [3.63, 3.8) is 0 Å². The summed E-state index contributed by atoms with van der Waals surface area (Å²) in [7, 11) is 1.72. The van der Waals surface area contributed by atoms with E-state index in [1.165, 1.54) is 12.1 Å². The maximum absolute atomic E-state index is 5.43. The summed E-state index contributed by atoms with van der Waals surface area (Å²) in [6.07, 6.45) is 3.27. The molecule has 5 heteroatoms. The van der Waals surface area contributed by atoms with Gasteiger partial charge in [0.15, 0.2) is 6.39 Å². The van der Waals surface area contributed by atoms with Gasteiger partial charge in [0.25, 0.3) is 0 Å². The summed E-state index contributed by atoms with van der Waals surface area (Å²) in [6, 6.07) is 8.18. The van der Waals surface area contributed by atoms with Gasteiger partial charge < -0.3 is 14.1 Å². The molecule has 20 heavy (non-hydrogen) atoms. The predicted octanol–water partition coefficient (Wildman–Crippen LogP) is 2.01. The Morgan fingerprint density at radius 1 is 1.20 bits per heavy atom. The zero-order valence-electron chi connectivity index (χ0n) is 11.7. The first-order chi connectivity index (χ1) is 9.86. The Morgan fingerprint density at radius 3 is 2.70 bits per heavy atom. The summed E-state index contributed by atoms with van der Waals surface area (Å²) in [5.74, 6) is 1.87. The van der Waals surface area contributed by atoms with E-state index in [0.29, 0.717) is 0 Å². The average molecular weight is 273 g/mol. The molecular weight excluding hydrogens is 254 g/mol. The number of para-hydroxylation sites is 2. The second-order valence-corrected chi connectivity index (χ2v) is 4.90. The molecule has 1 aromatic heterocycles. The quantitative estimate of drug-likeness (QED) is 0.852. The molecule has 2 heterocycles. The molecule has 5 nitrogen and oxygen atoms in total. The van der Waals surface area contributed by atoms with Gasteiger partial charge in [0.2, 0.25) is 0 Å². The highest BCUT2D eigenvalue weighted by molar-refractivity contribution is 5.58. The van der Waals surface area contributed by atoms with Crippen LogP contribution in [0.25, 0.3) is 0 Å². The summed E-state index contributed by atoms with van der Waals surface area (Å²) in [4.78, 5) is 8.70. The first kappa shape index (κ1) is 13.0. The maximum atomic E-state index is 5.43. The smallest absolute Gasteiger partial charge is 0.180 e. The number of anilines is 1. The minimum absolute atomic E-state index is 0.833. The molecule has 0 aliphatic carbocycles. The van der Waals surface area contributed by atoms with Crippen LogP contribution >= 0.6 is 0 Å². The van der Waals surface area contributed by atoms with Crippen LogP contribution in [0.3, 0.4) is 0 Å². The zero-order chi connectivity index (χ0) is 13.8. The molecule has 1 saturated heterocycles. The first-order valence-corrected chi connectivity index (χ1v) is 6.84. The van der Waals surface area contributed by atoms with Gasteiger partial charge in [-0.2, -0.15) is 0 Å². The summed E-state index contributed by atoms with van der Waals surface area (Å²) in [6.45, 7) is 4.85. The lowest BCUT2D eigenvalue weighted by atomic mass is 10.2. The van der Waals surface area contributed by atoms with Crippen LogP contribution < -0.4 is 9.64 Å². The number of oxazole rings is 1. The van der Waals surface area contributed by atoms with Gasteiger partial charge in [-0.3, -0.25) is 4.90 Å². The van der Waals surface area contributed by atoms with E-state index in [2.05, 4.69) is 26.9 Å². The molecule has 106 valence electrons. The maximum Gasteiger partial charge on any atom is 0.180 e. The minimum Gasteiger partial charge on any atom is -0.495 e. The number of rotatable bonds is 4. The monoisotopic (exact) mass is 273 g/mol. The lowest BCUT2D eigenvalue weighted by Crippen LogP contribution is -2.46. The Bertz CT molecular complexity index is 534. The fourth-order valence-corrected chi connectivity index (χ4v) is 2.58. The van der Waals surface area contributed by atoms with Crippen molar-refractivity contribution < 1.29 is 9.15 Å². The third-order valence-corrected chi connectivity index (χ3v) is 3.66. The molecule has 0 N–H and O–H groups in total. The van der Waals surface area contributed by atoms with E-state index >= 15 is 0 Å². The molecular formula is C15H19N3O2. The molecule has 3 rings (SSSR count). The fraction of sp³-hybridized carbons (Fsp3) is 0.400. The van der Waals surface area contributed by atoms with Crippen molar-refractivity contribution >= 4 is 5.69 Å². The number of nitrogens with zero attached hydrogens (tertiary/aromatic N) is 3. The number of aromatic nitrogens is 1. The summed E-state index contributed by atoms with van der Waals surface area (Å²) in [5, 5.41) is 0. The molecule has 0 bridgehead atoms. The minimum atomic E-state index is 0.833. The van der Waals surface area contributed by atoms with Gasteiger partial charge in [-0.25, -0.2) is 4.98 Å². The molecule has 1 aliphatic heterocycles. The summed E-state index contributed by atoms with van der Waals surface area (Å²) < 4.78 is 10.7. The van der Waals surface area contributed by atoms with Crippen molar-refractivity contribution in [2.75, 3.05) is 38.2 Å². The van der Waals surface area contributed by atoms with E-state index in [4.69, 9.17) is 9.15 Å². The Kier molecular flexibility index (Phi) is 3.87. The second kappa shape index (κ2) is 5.96. The normalized spacial score (nSPS) is 16.4. The van der Waals surface area contributed by atoms with Crippen molar-refractivity contribution in [2.24, 2.45) is 0 Å². The van der Waals surface area contributed by atoms with Crippen LogP contribution in [-0.2, 0) is 6.54 Å². The van der Waals surface area contributed by atoms with Crippen LogP contribution in [0.4, 0.5) is 5.69 Å². The SMILES string of the molecule is COc1ccccc1N1CCN(Cc2cnco2)CC1. The number of methoxy groups -OCH3 is 1. The van der Waals surface area contributed by atoms with Crippen LogP contribution in [0, 0.1) is 0 Å². The standard InChI is InChI=1S/C15H19N3O2/c1-19-15-5-3-2-4-14(15)18-8-6-17(7-9-18)11-13-10-16-12-20-13/h2-5,10,12H,6-9,11H2,1H3. The van der Waals surface area contributed by atoms with E-state index in [0.717, 1.165) is 44.2 Å². The third kappa shape index (κ3) is 2.77. The highest BCUT2D eigenvalue weighted by Gasteiger charge is 2.20. The second-order valence-electron chi connectivity index (χ2n) is 4.90. The van der Waals surface area contributed by atoms with Gasteiger partial charge in [0.05, 0.1) is 25.5 Å². The fourth-order valence-electron chi connectivity index (χ4n) is 2.58. The lowest BCUT2D eigenvalue weighted by Gasteiger charge is -2.36. The Morgan fingerprint density at radius 2 is 2.00 bits per heavy atom. The topological polar surface area (TPSA) is 41.7 Å². The van der Waals surface area contributed by atoms with Gasteiger partial charge >= 0.3 is 0 Å². The van der Waals surface area contributed by atoms with Gasteiger partial charge in [0.1, 0.15) is 11.5 Å². The van der Waals surface area contributed by atoms with Crippen molar-refractivity contribution in [2.45, 2.75) is 6.54 Å². The number of ether oxygens (including phenoxy) is 1. The van der Waals surface area contributed by atoms with Crippen molar-refractivity contribution in [3.05, 3.63) is 42.6 Å². The van der Waals surface area contributed by atoms with E-state index < -0.39 is 0 Å². The molecule has 1 aromatic carbocycles. The molecule has 1 aliphatic rings. The number of hydrogen-bond donors (Lipinski definition) is 0. The molecule has 2 aromatic rings. The van der Waals surface area contributed by atoms with Crippen LogP contribution in [0.1, 0.15) is 5.76 Å². The largest absolute Gasteiger partial charge is 0.495 e. The van der Waals surface area contributed by atoms with Crippen molar-refractivity contribution in [1.29, 1.82) is 0 Å². The summed E-state index contributed by atoms with van der Waals surface area (Å²) >= 11 is 0. The third-order valence-electron chi connectivity index (χ3n) is 3.66. The molecule has 0 saturated carbocycles. The lowest BCUT2D eigenvalue weighted by molar-refractivity contribution is 0.230. The Labute approximate surface area is 118 Å². The zero-order valence-corrected chi connectivity index (χ0v) is 11.7. The number of piperazine rings is 1. The van der Waals surface area contributed by atoms with E-state index in [1.54, 1.807) is 13.3 Å². The Hall–Kier alpha value is -2.01. The summed E-state index contributed by atoms with van der Waals surface area (Å²) in [5.41, 5.74) is 1.18. The van der Waals surface area contributed by atoms with Gasteiger partial charge in [0, 0.05) is 26.2 Å². The van der Waals surface area contributed by atoms with Gasteiger partial charge in [-0.1, -0.05) is 12.1 Å². The highest BCUT2D eigenvalue weighted by Crippen LogP contribution is 2.28. The predicted molar refractivity (Wildman–Crippen MR) is 77.0 cm³/mol. The molecule has 0 spiro atoms. The van der Waals surface area contributed by atoms with E-state index in [9.17, 15) is 0 Å². The van der Waals surface area contributed by atoms with Crippen molar-refractivity contribution in [3.8, 4) is 5.75 Å². The van der Waals surface area contributed by atoms with Crippen LogP contribution in [-0.4, -0.2) is 43.2 Å². The number of benzene rings is 1. The van der Waals surface area contributed by atoms with E-state index in [1.807, 2.05) is 12.1 Å². The first-order valence-electron chi connectivity index (χ1n) is 6.84. The molecule has 0 radical (unpaired) electrons. The van der Waals surface area contributed by atoms with Crippen LogP contribution in [0.15, 0.2) is 41.3 Å².